The molecule has 2 rings (SSSR count). The molecule has 1 saturated carbocycles. The van der Waals surface area contributed by atoms with Crippen LogP contribution in [-0.4, -0.2) is 12.9 Å². The number of carbonyl (C=O) groups is 1. The Labute approximate surface area is 77.5 Å². The standard InChI is InChI=1S/C11H12O2/c1-13-11-5-3-2-4-9(11)8-6-7-10(8)12/h2-5,8H,6-7H2,1H3/t8-/m0/s1. The van der Waals surface area contributed by atoms with Gasteiger partial charge in [-0.05, 0) is 12.5 Å². The van der Waals surface area contributed by atoms with Gasteiger partial charge in [-0.15, -0.1) is 0 Å². The molecule has 0 aliphatic heterocycles. The number of methoxy groups -OCH3 is 1. The van der Waals surface area contributed by atoms with Crippen molar-refractivity contribution in [3.8, 4) is 5.75 Å². The number of hydrogen-bond donors (Lipinski definition) is 0. The average Bonchev–Trinajstić information content (AvgIpc) is 2.16. The van der Waals surface area contributed by atoms with Gasteiger partial charge < -0.3 is 4.74 Å². The lowest BCUT2D eigenvalue weighted by Crippen LogP contribution is -2.23. The molecule has 0 aromatic heterocycles. The second-order valence-corrected chi connectivity index (χ2v) is 3.30. The molecule has 0 spiro atoms. The highest BCUT2D eigenvalue weighted by atomic mass is 16.5. The quantitative estimate of drug-likeness (QED) is 0.690. The van der Waals surface area contributed by atoms with Crippen LogP contribution in [0.25, 0.3) is 0 Å². The average molecular weight is 176 g/mol. The first-order chi connectivity index (χ1) is 6.33. The van der Waals surface area contributed by atoms with E-state index in [1.54, 1.807) is 7.11 Å². The van der Waals surface area contributed by atoms with Gasteiger partial charge in [0.25, 0.3) is 0 Å². The third-order valence-electron chi connectivity index (χ3n) is 2.58. The molecule has 0 radical (unpaired) electrons. The molecule has 68 valence electrons. The van der Waals surface area contributed by atoms with Crippen LogP contribution in [0.1, 0.15) is 24.3 Å². The van der Waals surface area contributed by atoms with Crippen molar-refractivity contribution < 1.29 is 9.53 Å². The Kier molecular flexibility index (Phi) is 2.05. The predicted octanol–water partition coefficient (Wildman–Crippen LogP) is 2.14. The number of ketones is 1. The Balaban J connectivity index is 2.33. The summed E-state index contributed by atoms with van der Waals surface area (Å²) in [4.78, 5) is 11.2. The predicted molar refractivity (Wildman–Crippen MR) is 50.0 cm³/mol. The van der Waals surface area contributed by atoms with Crippen molar-refractivity contribution in [2.75, 3.05) is 7.11 Å². The molecule has 0 saturated heterocycles. The molecule has 2 nitrogen and oxygen atoms in total. The van der Waals surface area contributed by atoms with Crippen molar-refractivity contribution in [3.05, 3.63) is 29.8 Å². The summed E-state index contributed by atoms with van der Waals surface area (Å²) in [5.41, 5.74) is 1.04. The summed E-state index contributed by atoms with van der Waals surface area (Å²) < 4.78 is 5.20. The fourth-order valence-corrected chi connectivity index (χ4v) is 1.69. The molecule has 0 heterocycles. The fraction of sp³-hybridized carbons (Fsp3) is 0.364. The van der Waals surface area contributed by atoms with Gasteiger partial charge in [0.15, 0.2) is 0 Å². The molecule has 1 aliphatic carbocycles. The Morgan fingerprint density at radius 1 is 1.38 bits per heavy atom. The zero-order chi connectivity index (χ0) is 9.26. The molecule has 1 atom stereocenters. The second kappa shape index (κ2) is 3.21. The molecule has 2 heteroatoms. The molecule has 1 fully saturated rings. The van der Waals surface area contributed by atoms with Crippen molar-refractivity contribution in [2.45, 2.75) is 18.8 Å². The van der Waals surface area contributed by atoms with E-state index in [0.29, 0.717) is 5.78 Å². The second-order valence-electron chi connectivity index (χ2n) is 3.30. The maximum absolute atomic E-state index is 11.2. The van der Waals surface area contributed by atoms with Crippen molar-refractivity contribution in [3.63, 3.8) is 0 Å². The van der Waals surface area contributed by atoms with Crippen LogP contribution < -0.4 is 4.74 Å². The highest BCUT2D eigenvalue weighted by Gasteiger charge is 2.31. The third-order valence-corrected chi connectivity index (χ3v) is 2.58. The minimum absolute atomic E-state index is 0.0937. The first-order valence-corrected chi connectivity index (χ1v) is 4.48. The van der Waals surface area contributed by atoms with Crippen LogP contribution in [0.15, 0.2) is 24.3 Å². The monoisotopic (exact) mass is 176 g/mol. The van der Waals surface area contributed by atoms with E-state index >= 15 is 0 Å². The third kappa shape index (κ3) is 1.32. The highest BCUT2D eigenvalue weighted by Crippen LogP contribution is 2.37. The molecule has 0 unspecified atom stereocenters. The molecule has 1 aliphatic rings. The van der Waals surface area contributed by atoms with E-state index in [-0.39, 0.29) is 5.92 Å². The van der Waals surface area contributed by atoms with Crippen LogP contribution >= 0.6 is 0 Å². The molecule has 0 N–H and O–H groups in total. The van der Waals surface area contributed by atoms with Crippen LogP contribution in [0.5, 0.6) is 5.75 Å². The zero-order valence-electron chi connectivity index (χ0n) is 7.62. The number of rotatable bonds is 2. The molecule has 1 aromatic carbocycles. The topological polar surface area (TPSA) is 26.3 Å². The maximum Gasteiger partial charge on any atom is 0.140 e. The van der Waals surface area contributed by atoms with Gasteiger partial charge in [0.1, 0.15) is 11.5 Å². The first-order valence-electron chi connectivity index (χ1n) is 4.48. The van der Waals surface area contributed by atoms with Gasteiger partial charge in [0.05, 0.1) is 7.11 Å². The van der Waals surface area contributed by atoms with E-state index in [2.05, 4.69) is 0 Å². The first kappa shape index (κ1) is 8.30. The normalized spacial score (nSPS) is 21.0. The summed E-state index contributed by atoms with van der Waals surface area (Å²) in [6, 6.07) is 7.75. The maximum atomic E-state index is 11.2. The van der Waals surface area contributed by atoms with Crippen LogP contribution in [0.2, 0.25) is 0 Å². The lowest BCUT2D eigenvalue weighted by atomic mass is 9.78. The lowest BCUT2D eigenvalue weighted by molar-refractivity contribution is -0.125. The Morgan fingerprint density at radius 2 is 2.15 bits per heavy atom. The smallest absolute Gasteiger partial charge is 0.140 e. The van der Waals surface area contributed by atoms with Gasteiger partial charge in [0, 0.05) is 17.9 Å². The number of Topliss-reactive ketones (excluding diaryl/α,β-unsaturated/α-hetero) is 1. The van der Waals surface area contributed by atoms with E-state index in [0.717, 1.165) is 24.2 Å². The number of para-hydroxylation sites is 1. The summed E-state index contributed by atoms with van der Waals surface area (Å²) in [5, 5.41) is 0. The van der Waals surface area contributed by atoms with Gasteiger partial charge in [-0.2, -0.15) is 0 Å². The zero-order valence-corrected chi connectivity index (χ0v) is 7.62. The van der Waals surface area contributed by atoms with Crippen molar-refractivity contribution in [2.24, 2.45) is 0 Å². The lowest BCUT2D eigenvalue weighted by Gasteiger charge is -2.25. The molecule has 13 heavy (non-hydrogen) atoms. The minimum Gasteiger partial charge on any atom is -0.496 e. The minimum atomic E-state index is 0.0937. The number of benzene rings is 1. The van der Waals surface area contributed by atoms with E-state index in [1.807, 2.05) is 24.3 Å². The summed E-state index contributed by atoms with van der Waals surface area (Å²) >= 11 is 0. The van der Waals surface area contributed by atoms with Crippen molar-refractivity contribution >= 4 is 5.78 Å². The van der Waals surface area contributed by atoms with Crippen LogP contribution in [0.4, 0.5) is 0 Å². The van der Waals surface area contributed by atoms with Crippen molar-refractivity contribution in [1.82, 2.24) is 0 Å². The van der Waals surface area contributed by atoms with Crippen molar-refractivity contribution in [1.29, 1.82) is 0 Å². The SMILES string of the molecule is COc1ccccc1[C@@H]1CCC1=O. The fourth-order valence-electron chi connectivity index (χ4n) is 1.69. The molecular weight excluding hydrogens is 164 g/mol. The van der Waals surface area contributed by atoms with E-state index in [4.69, 9.17) is 4.74 Å². The summed E-state index contributed by atoms with van der Waals surface area (Å²) in [5.74, 6) is 1.26. The largest absolute Gasteiger partial charge is 0.496 e. The summed E-state index contributed by atoms with van der Waals surface area (Å²) in [6.45, 7) is 0. The number of ether oxygens (including phenoxy) is 1. The van der Waals surface area contributed by atoms with E-state index in [1.165, 1.54) is 0 Å². The van der Waals surface area contributed by atoms with Crippen LogP contribution in [-0.2, 0) is 4.79 Å². The highest BCUT2D eigenvalue weighted by molar-refractivity contribution is 5.91. The number of carbonyl (C=O) groups excluding carboxylic acids is 1. The Morgan fingerprint density at radius 3 is 2.69 bits per heavy atom. The molecule has 1 aromatic rings. The molecular formula is C11H12O2. The molecule has 0 amide bonds. The number of hydrogen-bond acceptors (Lipinski definition) is 2. The van der Waals surface area contributed by atoms with Crippen LogP contribution in [0.3, 0.4) is 0 Å². The summed E-state index contributed by atoms with van der Waals surface area (Å²) in [7, 11) is 1.64. The van der Waals surface area contributed by atoms with Gasteiger partial charge in [-0.3, -0.25) is 4.79 Å². The summed E-state index contributed by atoms with van der Waals surface area (Å²) in [6.07, 6.45) is 1.70. The van der Waals surface area contributed by atoms with E-state index < -0.39 is 0 Å². The van der Waals surface area contributed by atoms with Gasteiger partial charge in [0.2, 0.25) is 0 Å². The van der Waals surface area contributed by atoms with E-state index in [9.17, 15) is 4.79 Å². The Hall–Kier alpha value is -1.31. The van der Waals surface area contributed by atoms with Gasteiger partial charge >= 0.3 is 0 Å². The molecule has 0 bridgehead atoms. The van der Waals surface area contributed by atoms with Gasteiger partial charge in [-0.1, -0.05) is 18.2 Å². The van der Waals surface area contributed by atoms with Crippen LogP contribution in [0, 0.1) is 0 Å². The Bertz CT molecular complexity index is 331. The van der Waals surface area contributed by atoms with Gasteiger partial charge in [-0.25, -0.2) is 0 Å².